The second-order valence-corrected chi connectivity index (χ2v) is 8.51. The van der Waals surface area contributed by atoms with E-state index in [4.69, 9.17) is 13.8 Å². The average Bonchev–Trinajstić information content (AvgIpc) is 2.97. The molecule has 0 bridgehead atoms. The molecule has 1 aromatic carbocycles. The van der Waals surface area contributed by atoms with Gasteiger partial charge in [0.2, 0.25) is 0 Å². The lowest BCUT2D eigenvalue weighted by atomic mass is 9.85. The molecular weight excluding hydrogens is 430 g/mol. The van der Waals surface area contributed by atoms with Crippen molar-refractivity contribution in [2.24, 2.45) is 5.92 Å². The lowest BCUT2D eigenvalue weighted by Crippen LogP contribution is -2.50. The number of hydrogen-bond acceptors (Lipinski definition) is 7. The number of aromatic nitrogens is 2. The molecule has 5 atom stereocenters. The van der Waals surface area contributed by atoms with Crippen molar-refractivity contribution in [2.45, 2.75) is 51.5 Å². The van der Waals surface area contributed by atoms with Crippen LogP contribution in [-0.2, 0) is 20.4 Å². The molecule has 11 heteroatoms. The minimum atomic E-state index is -1.91. The van der Waals surface area contributed by atoms with E-state index in [0.717, 1.165) is 22.4 Å². The van der Waals surface area contributed by atoms with Crippen LogP contribution in [0.25, 0.3) is 0 Å². The van der Waals surface area contributed by atoms with Gasteiger partial charge in [-0.05, 0) is 18.4 Å². The van der Waals surface area contributed by atoms with Crippen LogP contribution in [0.3, 0.4) is 0 Å². The van der Waals surface area contributed by atoms with E-state index in [2.05, 4.69) is 0 Å². The molecule has 2 heterocycles. The van der Waals surface area contributed by atoms with E-state index in [9.17, 15) is 24.2 Å². The Hall–Kier alpha value is -2.10. The smallest absolute Gasteiger partial charge is 0.330 e. The van der Waals surface area contributed by atoms with Gasteiger partial charge in [0.05, 0.1) is 13.2 Å². The fourth-order valence-electron chi connectivity index (χ4n) is 3.51. The number of aromatic hydroxyl groups is 1. The van der Waals surface area contributed by atoms with Crippen molar-refractivity contribution < 1.29 is 28.4 Å². The Kier molecular flexibility index (Phi) is 7.28. The van der Waals surface area contributed by atoms with Crippen LogP contribution in [0.15, 0.2) is 40.1 Å². The molecule has 0 aliphatic carbocycles. The first-order chi connectivity index (χ1) is 14.7. The van der Waals surface area contributed by atoms with Gasteiger partial charge in [-0.2, -0.15) is 0 Å². The molecule has 1 unspecified atom stereocenters. The first kappa shape index (κ1) is 23.6. The lowest BCUT2D eigenvalue weighted by molar-refractivity contribution is -0.148. The van der Waals surface area contributed by atoms with Crippen molar-refractivity contribution in [3.8, 4) is 5.75 Å². The largest absolute Gasteiger partial charge is 0.507 e. The number of ether oxygens (including phenoxy) is 1. The number of nitrogens with one attached hydrogen (secondary N) is 1. The summed E-state index contributed by atoms with van der Waals surface area (Å²) in [5.74, 6) is -0.218. The molecule has 1 fully saturated rings. The van der Waals surface area contributed by atoms with Gasteiger partial charge in [-0.3, -0.25) is 14.3 Å². The molecule has 3 rings (SSSR count). The topological polar surface area (TPSA) is 123 Å². The highest BCUT2D eigenvalue weighted by Crippen LogP contribution is 2.44. The SMILES string of the molecule is Cc1cccc(COPOC[C@@]2(C(C)C)O[C@@H](n3ccc(=O)[nH]c3=O)[C@H](F)[C@@H]2O)c1O. The van der Waals surface area contributed by atoms with Crippen LogP contribution in [0.2, 0.25) is 0 Å². The molecule has 1 aliphatic heterocycles. The van der Waals surface area contributed by atoms with E-state index in [1.807, 2.05) is 4.98 Å². The zero-order valence-electron chi connectivity index (χ0n) is 17.4. The highest BCUT2D eigenvalue weighted by molar-refractivity contribution is 7.26. The number of hydrogen-bond donors (Lipinski definition) is 3. The van der Waals surface area contributed by atoms with Crippen molar-refractivity contribution in [2.75, 3.05) is 6.61 Å². The van der Waals surface area contributed by atoms with Crippen LogP contribution in [0.1, 0.15) is 31.2 Å². The quantitative estimate of drug-likeness (QED) is 0.410. The molecule has 0 spiro atoms. The molecule has 0 amide bonds. The van der Waals surface area contributed by atoms with Crippen molar-refractivity contribution in [3.63, 3.8) is 0 Å². The number of aromatic amines is 1. The Balaban J connectivity index is 1.66. The number of aliphatic hydroxyl groups excluding tert-OH is 1. The maximum atomic E-state index is 14.9. The van der Waals surface area contributed by atoms with E-state index in [0.29, 0.717) is 5.56 Å². The molecule has 1 aliphatic rings. The Bertz CT molecular complexity index is 1030. The number of phenolic OH excluding ortho intramolecular Hbond substituents is 1. The third-order valence-electron chi connectivity index (χ3n) is 5.48. The number of benzene rings is 1. The van der Waals surface area contributed by atoms with Gasteiger partial charge in [0, 0.05) is 17.8 Å². The maximum Gasteiger partial charge on any atom is 0.330 e. The van der Waals surface area contributed by atoms with Crippen molar-refractivity contribution in [1.29, 1.82) is 0 Å². The van der Waals surface area contributed by atoms with E-state index in [1.54, 1.807) is 39.0 Å². The number of rotatable bonds is 8. The summed E-state index contributed by atoms with van der Waals surface area (Å²) in [6, 6.07) is 6.38. The van der Waals surface area contributed by atoms with E-state index >= 15 is 0 Å². The second-order valence-electron chi connectivity index (χ2n) is 7.77. The first-order valence-corrected chi connectivity index (χ1v) is 10.6. The van der Waals surface area contributed by atoms with Gasteiger partial charge in [0.1, 0.15) is 17.5 Å². The minimum absolute atomic E-state index is 0.116. The lowest BCUT2D eigenvalue weighted by Gasteiger charge is -2.35. The van der Waals surface area contributed by atoms with Gasteiger partial charge < -0.3 is 24.0 Å². The van der Waals surface area contributed by atoms with Crippen LogP contribution in [0, 0.1) is 12.8 Å². The summed E-state index contributed by atoms with van der Waals surface area (Å²) in [4.78, 5) is 25.4. The maximum absolute atomic E-state index is 14.9. The first-order valence-electron chi connectivity index (χ1n) is 9.75. The standard InChI is InChI=1S/C20H26FN2O7P/c1-11(2)20(10-29-31-28-9-13-6-4-5-12(3)16(13)25)17(26)15(21)18(30-20)23-8-7-14(24)22-19(23)27/h4-8,11,15,17-18,25-26,31H,9-10H2,1-3H3,(H,22,24,27)/t15-,17+,18-,20+/m1/s1. The summed E-state index contributed by atoms with van der Waals surface area (Å²) >= 11 is 0. The number of aliphatic hydroxyl groups is 1. The third kappa shape index (κ3) is 4.73. The van der Waals surface area contributed by atoms with Crippen molar-refractivity contribution in [1.82, 2.24) is 9.55 Å². The van der Waals surface area contributed by atoms with Crippen molar-refractivity contribution >= 4 is 9.03 Å². The van der Waals surface area contributed by atoms with E-state index < -0.39 is 44.4 Å². The fraction of sp³-hybridized carbons (Fsp3) is 0.500. The van der Waals surface area contributed by atoms with Gasteiger partial charge in [0.15, 0.2) is 21.4 Å². The minimum Gasteiger partial charge on any atom is -0.507 e. The van der Waals surface area contributed by atoms with E-state index in [-0.39, 0.29) is 24.9 Å². The predicted octanol–water partition coefficient (Wildman–Crippen LogP) is 1.92. The Labute approximate surface area is 179 Å². The fourth-order valence-corrected chi connectivity index (χ4v) is 4.10. The summed E-state index contributed by atoms with van der Waals surface area (Å²) in [6.07, 6.45) is -3.77. The number of nitrogens with zero attached hydrogens (tertiary/aromatic N) is 1. The molecule has 1 saturated heterocycles. The normalized spacial score (nSPS) is 26.3. The molecular formula is C20H26FN2O7P. The Morgan fingerprint density at radius 1 is 1.32 bits per heavy atom. The summed E-state index contributed by atoms with van der Waals surface area (Å²) in [5, 5.41) is 20.6. The van der Waals surface area contributed by atoms with Gasteiger partial charge in [-0.25, -0.2) is 9.18 Å². The molecule has 1 aromatic heterocycles. The number of H-pyrrole nitrogens is 1. The van der Waals surface area contributed by atoms with Gasteiger partial charge in [-0.1, -0.05) is 32.0 Å². The molecule has 9 nitrogen and oxygen atoms in total. The van der Waals surface area contributed by atoms with Crippen LogP contribution >= 0.6 is 9.03 Å². The van der Waals surface area contributed by atoms with E-state index in [1.165, 1.54) is 0 Å². The van der Waals surface area contributed by atoms with Gasteiger partial charge in [-0.15, -0.1) is 0 Å². The molecule has 0 radical (unpaired) electrons. The Morgan fingerprint density at radius 3 is 2.74 bits per heavy atom. The van der Waals surface area contributed by atoms with Crippen LogP contribution < -0.4 is 11.2 Å². The highest BCUT2D eigenvalue weighted by Gasteiger charge is 2.58. The second kappa shape index (κ2) is 9.58. The molecule has 3 N–H and O–H groups in total. The molecule has 31 heavy (non-hydrogen) atoms. The summed E-state index contributed by atoms with van der Waals surface area (Å²) in [6.45, 7) is 5.20. The number of halogens is 1. The van der Waals surface area contributed by atoms with Gasteiger partial charge in [0.25, 0.3) is 5.56 Å². The zero-order valence-corrected chi connectivity index (χ0v) is 18.4. The van der Waals surface area contributed by atoms with Crippen LogP contribution in [-0.4, -0.2) is 44.2 Å². The average molecular weight is 456 g/mol. The zero-order chi connectivity index (χ0) is 22.8. The molecule has 2 aromatic rings. The summed E-state index contributed by atoms with van der Waals surface area (Å²) in [7, 11) is -0.453. The Morgan fingerprint density at radius 2 is 2.06 bits per heavy atom. The molecule has 170 valence electrons. The predicted molar refractivity (Wildman–Crippen MR) is 112 cm³/mol. The van der Waals surface area contributed by atoms with Gasteiger partial charge >= 0.3 is 5.69 Å². The van der Waals surface area contributed by atoms with Crippen LogP contribution in [0.5, 0.6) is 5.75 Å². The monoisotopic (exact) mass is 456 g/mol. The van der Waals surface area contributed by atoms with Crippen LogP contribution in [0.4, 0.5) is 4.39 Å². The number of aryl methyl sites for hydroxylation is 1. The highest BCUT2D eigenvalue weighted by atomic mass is 31.1. The third-order valence-corrected chi connectivity index (χ3v) is 6.01. The number of phenols is 1. The number of alkyl halides is 1. The summed E-state index contributed by atoms with van der Waals surface area (Å²) < 4.78 is 32.7. The number of para-hydroxylation sites is 1. The summed E-state index contributed by atoms with van der Waals surface area (Å²) in [5.41, 5.74) is -1.55. The van der Waals surface area contributed by atoms with Crippen molar-refractivity contribution in [3.05, 3.63) is 62.4 Å². The molecule has 0 saturated carbocycles.